The first-order valence-electron chi connectivity index (χ1n) is 2.96. The molecule has 0 radical (unpaired) electrons. The van der Waals surface area contributed by atoms with E-state index in [0.717, 1.165) is 0 Å². The molecule has 0 rings (SSSR count). The number of amides is 2. The molecule has 0 aliphatic carbocycles. The topological polar surface area (TPSA) is 93.4 Å². The number of carbonyl (C=O) groups is 2. The van der Waals surface area contributed by atoms with Gasteiger partial charge in [0, 0.05) is 0 Å². The van der Waals surface area contributed by atoms with Crippen LogP contribution in [0.3, 0.4) is 0 Å². The molecule has 0 aromatic carbocycles. The van der Waals surface area contributed by atoms with E-state index in [1.54, 1.807) is 0 Å². The molecule has 0 heterocycles. The van der Waals surface area contributed by atoms with Gasteiger partial charge in [0.1, 0.15) is 6.04 Å². The molecule has 0 saturated heterocycles. The first-order valence-corrected chi connectivity index (χ1v) is 2.96. The molecule has 64 valence electrons. The fraction of sp³-hybridized carbons (Fsp3) is 0.600. The van der Waals surface area contributed by atoms with Gasteiger partial charge in [-0.2, -0.15) is 0 Å². The van der Waals surface area contributed by atoms with Crippen molar-refractivity contribution in [2.24, 2.45) is 5.73 Å². The smallest absolute Gasteiger partial charge is 0.326 e. The third-order valence-corrected chi connectivity index (χ3v) is 0.967. The van der Waals surface area contributed by atoms with Crippen LogP contribution in [0.5, 0.6) is 0 Å². The molecule has 2 amide bonds. The van der Waals surface area contributed by atoms with E-state index in [-0.39, 0.29) is 0 Å². The number of esters is 1. The van der Waals surface area contributed by atoms with Gasteiger partial charge in [-0.25, -0.2) is 10.2 Å². The molecular formula is C5H11N3O3. The van der Waals surface area contributed by atoms with Gasteiger partial charge in [-0.05, 0) is 6.92 Å². The molecule has 0 spiro atoms. The standard InChI is InChI=1S/C5H11N3O3/c1-3(4(9)11-2)7-8-5(6)10/h3,7H,1-2H3,(H3,6,8,10). The summed E-state index contributed by atoms with van der Waals surface area (Å²) in [7, 11) is 1.25. The van der Waals surface area contributed by atoms with Crippen LogP contribution >= 0.6 is 0 Å². The molecule has 11 heavy (non-hydrogen) atoms. The first-order chi connectivity index (χ1) is 5.07. The average Bonchev–Trinajstić information content (AvgIpc) is 1.98. The van der Waals surface area contributed by atoms with E-state index in [9.17, 15) is 9.59 Å². The number of carbonyl (C=O) groups excluding carboxylic acids is 2. The summed E-state index contributed by atoms with van der Waals surface area (Å²) in [6, 6.07) is -1.35. The van der Waals surface area contributed by atoms with Crippen LogP contribution in [-0.4, -0.2) is 25.2 Å². The van der Waals surface area contributed by atoms with E-state index >= 15 is 0 Å². The lowest BCUT2D eigenvalue weighted by Crippen LogP contribution is -2.48. The van der Waals surface area contributed by atoms with Crippen LogP contribution in [0.15, 0.2) is 0 Å². The van der Waals surface area contributed by atoms with Crippen molar-refractivity contribution >= 4 is 12.0 Å². The van der Waals surface area contributed by atoms with Crippen molar-refractivity contribution in [3.8, 4) is 0 Å². The molecule has 0 fully saturated rings. The van der Waals surface area contributed by atoms with Crippen LogP contribution in [0.4, 0.5) is 4.79 Å². The molecule has 6 nitrogen and oxygen atoms in total. The first kappa shape index (κ1) is 9.70. The van der Waals surface area contributed by atoms with Gasteiger partial charge in [0.15, 0.2) is 0 Å². The normalized spacial score (nSPS) is 11.8. The molecule has 4 N–H and O–H groups in total. The summed E-state index contributed by atoms with van der Waals surface area (Å²) in [5, 5.41) is 0. The SMILES string of the molecule is COC(=O)C(C)NNC(N)=O. The van der Waals surface area contributed by atoms with Crippen LogP contribution in [0.1, 0.15) is 6.92 Å². The number of primary amides is 1. The van der Waals surface area contributed by atoms with Crippen molar-refractivity contribution in [1.29, 1.82) is 0 Å². The Morgan fingerprint density at radius 2 is 2.09 bits per heavy atom. The maximum atomic E-state index is 10.6. The van der Waals surface area contributed by atoms with E-state index in [1.165, 1.54) is 14.0 Å². The quantitative estimate of drug-likeness (QED) is 0.355. The minimum atomic E-state index is -0.749. The highest BCUT2D eigenvalue weighted by Gasteiger charge is 2.11. The molecular weight excluding hydrogens is 150 g/mol. The number of hydrogen-bond donors (Lipinski definition) is 3. The summed E-state index contributed by atoms with van der Waals surface area (Å²) in [5.74, 6) is -0.473. The van der Waals surface area contributed by atoms with Crippen LogP contribution in [0, 0.1) is 0 Å². The summed E-state index contributed by atoms with van der Waals surface area (Å²) in [6.45, 7) is 1.53. The maximum Gasteiger partial charge on any atom is 0.326 e. The van der Waals surface area contributed by atoms with Crippen LogP contribution < -0.4 is 16.6 Å². The number of hydrogen-bond acceptors (Lipinski definition) is 4. The summed E-state index contributed by atoms with van der Waals surface area (Å²) >= 11 is 0. The number of nitrogens with one attached hydrogen (secondary N) is 2. The minimum absolute atomic E-state index is 0.473. The lowest BCUT2D eigenvalue weighted by atomic mass is 10.4. The van der Waals surface area contributed by atoms with Crippen molar-refractivity contribution in [3.05, 3.63) is 0 Å². The zero-order chi connectivity index (χ0) is 8.85. The number of rotatable bonds is 3. The van der Waals surface area contributed by atoms with Crippen molar-refractivity contribution in [3.63, 3.8) is 0 Å². The Morgan fingerprint density at radius 1 is 1.55 bits per heavy atom. The van der Waals surface area contributed by atoms with E-state index in [1.807, 2.05) is 5.43 Å². The summed E-state index contributed by atoms with van der Waals surface area (Å²) in [6.07, 6.45) is 0. The number of hydrazine groups is 1. The molecule has 1 atom stereocenters. The van der Waals surface area contributed by atoms with E-state index < -0.39 is 18.0 Å². The number of nitrogens with two attached hydrogens (primary N) is 1. The second kappa shape index (κ2) is 4.51. The van der Waals surface area contributed by atoms with Crippen LogP contribution in [0.25, 0.3) is 0 Å². The zero-order valence-corrected chi connectivity index (χ0v) is 6.38. The fourth-order valence-electron chi connectivity index (χ4n) is 0.415. The average molecular weight is 161 g/mol. The Bertz CT molecular complexity index is 159. The summed E-state index contributed by atoms with van der Waals surface area (Å²) in [5.41, 5.74) is 9.10. The van der Waals surface area contributed by atoms with Gasteiger partial charge in [-0.15, -0.1) is 0 Å². The van der Waals surface area contributed by atoms with Gasteiger partial charge in [0.05, 0.1) is 7.11 Å². The molecule has 0 aliphatic heterocycles. The van der Waals surface area contributed by atoms with E-state index in [2.05, 4.69) is 10.2 Å². The van der Waals surface area contributed by atoms with Gasteiger partial charge < -0.3 is 10.5 Å². The molecule has 0 bridgehead atoms. The van der Waals surface area contributed by atoms with Gasteiger partial charge in [-0.3, -0.25) is 10.2 Å². The molecule has 1 unspecified atom stereocenters. The second-order valence-corrected chi connectivity index (χ2v) is 1.88. The lowest BCUT2D eigenvalue weighted by molar-refractivity contribution is -0.142. The Hall–Kier alpha value is -1.30. The predicted molar refractivity (Wildman–Crippen MR) is 37.3 cm³/mol. The fourth-order valence-corrected chi connectivity index (χ4v) is 0.415. The van der Waals surface area contributed by atoms with Crippen molar-refractivity contribution in [2.45, 2.75) is 13.0 Å². The predicted octanol–water partition coefficient (Wildman–Crippen LogP) is -1.28. The molecule has 6 heteroatoms. The van der Waals surface area contributed by atoms with E-state index in [0.29, 0.717) is 0 Å². The molecule has 0 saturated carbocycles. The molecule has 0 aromatic rings. The van der Waals surface area contributed by atoms with Crippen LogP contribution in [0.2, 0.25) is 0 Å². The molecule has 0 aromatic heterocycles. The van der Waals surface area contributed by atoms with Gasteiger partial charge in [0.25, 0.3) is 0 Å². The zero-order valence-electron chi connectivity index (χ0n) is 6.38. The highest BCUT2D eigenvalue weighted by Crippen LogP contribution is 1.81. The number of ether oxygens (including phenoxy) is 1. The van der Waals surface area contributed by atoms with E-state index in [4.69, 9.17) is 5.73 Å². The highest BCUT2D eigenvalue weighted by atomic mass is 16.5. The van der Waals surface area contributed by atoms with Gasteiger partial charge in [0.2, 0.25) is 0 Å². The summed E-state index contributed by atoms with van der Waals surface area (Å²) < 4.78 is 4.35. The second-order valence-electron chi connectivity index (χ2n) is 1.88. The Morgan fingerprint density at radius 3 is 2.45 bits per heavy atom. The van der Waals surface area contributed by atoms with Crippen molar-refractivity contribution in [2.75, 3.05) is 7.11 Å². The third kappa shape index (κ3) is 4.15. The Kier molecular flexibility index (Phi) is 3.97. The Labute approximate surface area is 64.0 Å². The maximum absolute atomic E-state index is 10.6. The monoisotopic (exact) mass is 161 g/mol. The Balaban J connectivity index is 3.60. The lowest BCUT2D eigenvalue weighted by Gasteiger charge is -2.10. The van der Waals surface area contributed by atoms with Gasteiger partial charge >= 0.3 is 12.0 Å². The largest absolute Gasteiger partial charge is 0.468 e. The third-order valence-electron chi connectivity index (χ3n) is 0.967. The van der Waals surface area contributed by atoms with Crippen LogP contribution in [-0.2, 0) is 9.53 Å². The number of urea groups is 1. The van der Waals surface area contributed by atoms with Gasteiger partial charge in [-0.1, -0.05) is 0 Å². The minimum Gasteiger partial charge on any atom is -0.468 e. The number of methoxy groups -OCH3 is 1. The molecule has 0 aliphatic rings. The summed E-state index contributed by atoms with van der Waals surface area (Å²) in [4.78, 5) is 20.8. The van der Waals surface area contributed by atoms with Crippen molar-refractivity contribution in [1.82, 2.24) is 10.9 Å². The highest BCUT2D eigenvalue weighted by molar-refractivity contribution is 5.76. The van der Waals surface area contributed by atoms with Crippen molar-refractivity contribution < 1.29 is 14.3 Å².